The minimum atomic E-state index is -0.408. The van der Waals surface area contributed by atoms with Crippen molar-refractivity contribution < 1.29 is 9.50 Å². The van der Waals surface area contributed by atoms with Crippen LogP contribution in [0.4, 0.5) is 27.9 Å². The molecule has 1 saturated heterocycles. The number of nitrogens with zero attached hydrogens (tertiary/aromatic N) is 5. The predicted molar refractivity (Wildman–Crippen MR) is 135 cm³/mol. The van der Waals surface area contributed by atoms with E-state index in [1.165, 1.54) is 12.3 Å². The van der Waals surface area contributed by atoms with Crippen LogP contribution in [0.3, 0.4) is 0 Å². The van der Waals surface area contributed by atoms with Crippen LogP contribution in [0.15, 0.2) is 50.4 Å². The number of phenols is 1. The highest BCUT2D eigenvalue weighted by Crippen LogP contribution is 2.31. The Balaban J connectivity index is 1.63. The van der Waals surface area contributed by atoms with E-state index in [1.54, 1.807) is 30.3 Å². The van der Waals surface area contributed by atoms with Crippen LogP contribution in [0.25, 0.3) is 0 Å². The van der Waals surface area contributed by atoms with Crippen LogP contribution in [0.1, 0.15) is 31.7 Å². The zero-order valence-corrected chi connectivity index (χ0v) is 20.9. The van der Waals surface area contributed by atoms with Crippen LogP contribution in [0, 0.1) is 5.82 Å². The lowest BCUT2D eigenvalue weighted by atomic mass is 10.0. The number of halogens is 3. The van der Waals surface area contributed by atoms with Crippen molar-refractivity contribution >= 4 is 61.6 Å². The first-order valence-corrected chi connectivity index (χ1v) is 12.0. The number of nitrogens with one attached hydrogen (secondary N) is 2. The molecule has 172 valence electrons. The molecule has 2 heterocycles. The van der Waals surface area contributed by atoms with Gasteiger partial charge in [-0.25, -0.2) is 9.82 Å². The van der Waals surface area contributed by atoms with E-state index in [4.69, 9.17) is 0 Å². The fourth-order valence-corrected chi connectivity index (χ4v) is 4.78. The molecular formula is C22H22Br2FN7O. The molecule has 1 aromatic heterocycles. The lowest BCUT2D eigenvalue weighted by Gasteiger charge is -2.33. The molecule has 11 heteroatoms. The Morgan fingerprint density at radius 1 is 1.15 bits per heavy atom. The van der Waals surface area contributed by atoms with Crippen LogP contribution < -0.4 is 15.6 Å². The highest BCUT2D eigenvalue weighted by Gasteiger charge is 2.22. The van der Waals surface area contributed by atoms with Gasteiger partial charge in [-0.05, 0) is 66.4 Å². The quantitative estimate of drug-likeness (QED) is 0.251. The third kappa shape index (κ3) is 5.77. The second kappa shape index (κ2) is 10.4. The highest BCUT2D eigenvalue weighted by atomic mass is 79.9. The van der Waals surface area contributed by atoms with Crippen LogP contribution in [0.5, 0.6) is 5.75 Å². The fourth-order valence-electron chi connectivity index (χ4n) is 3.52. The maximum absolute atomic E-state index is 14.2. The number of piperidine rings is 1. The van der Waals surface area contributed by atoms with Crippen molar-refractivity contribution in [2.24, 2.45) is 5.10 Å². The van der Waals surface area contributed by atoms with Crippen molar-refractivity contribution in [3.8, 4) is 5.75 Å². The predicted octanol–water partition coefficient (Wildman–Crippen LogP) is 5.81. The van der Waals surface area contributed by atoms with Crippen LogP contribution in [-0.2, 0) is 0 Å². The van der Waals surface area contributed by atoms with Gasteiger partial charge in [0, 0.05) is 22.6 Å². The Labute approximate surface area is 207 Å². The van der Waals surface area contributed by atoms with Gasteiger partial charge in [-0.15, -0.1) is 0 Å². The molecule has 33 heavy (non-hydrogen) atoms. The summed E-state index contributed by atoms with van der Waals surface area (Å²) < 4.78 is 15.5. The molecule has 0 aliphatic carbocycles. The van der Waals surface area contributed by atoms with E-state index in [0.29, 0.717) is 16.0 Å². The normalized spacial score (nSPS) is 16.2. The zero-order valence-electron chi connectivity index (χ0n) is 17.8. The van der Waals surface area contributed by atoms with Gasteiger partial charge in [-0.2, -0.15) is 20.1 Å². The minimum absolute atomic E-state index is 0.0594. The molecule has 0 amide bonds. The molecule has 0 unspecified atom stereocenters. The SMILES string of the molecule is C[C@@H]1CCCCN1c1nc(N/N=C\c2cc(Br)cc(Br)c2O)nc(Nc2ccccc2F)n1. The first-order chi connectivity index (χ1) is 15.9. The van der Waals surface area contributed by atoms with Gasteiger partial charge >= 0.3 is 0 Å². The van der Waals surface area contributed by atoms with E-state index < -0.39 is 5.82 Å². The van der Waals surface area contributed by atoms with Gasteiger partial charge in [0.05, 0.1) is 16.4 Å². The third-order valence-electron chi connectivity index (χ3n) is 5.23. The van der Waals surface area contributed by atoms with Gasteiger partial charge in [-0.1, -0.05) is 28.1 Å². The standard InChI is InChI=1S/C22H22Br2FN7O/c1-13-6-4-5-9-32(13)22-29-20(27-18-8-3-2-7-17(18)25)28-21(30-22)31-26-12-14-10-15(23)11-16(24)19(14)33/h2-3,7-8,10-13,33H,4-6,9H2,1H3,(H2,27,28,29,30,31)/b26-12-/t13-/m1/s1. The van der Waals surface area contributed by atoms with E-state index in [1.807, 2.05) is 0 Å². The molecule has 8 nitrogen and oxygen atoms in total. The Hall–Kier alpha value is -2.79. The molecule has 0 saturated carbocycles. The van der Waals surface area contributed by atoms with E-state index in [-0.39, 0.29) is 29.4 Å². The van der Waals surface area contributed by atoms with Crippen molar-refractivity contribution in [1.82, 2.24) is 15.0 Å². The number of anilines is 4. The number of para-hydroxylation sites is 1. The summed E-state index contributed by atoms with van der Waals surface area (Å²) in [6, 6.07) is 10.1. The summed E-state index contributed by atoms with van der Waals surface area (Å²) in [6.07, 6.45) is 4.70. The Morgan fingerprint density at radius 3 is 2.73 bits per heavy atom. The van der Waals surface area contributed by atoms with Crippen molar-refractivity contribution in [3.05, 3.63) is 56.7 Å². The van der Waals surface area contributed by atoms with E-state index >= 15 is 0 Å². The second-order valence-electron chi connectivity index (χ2n) is 7.62. The molecule has 1 atom stereocenters. The van der Waals surface area contributed by atoms with Gasteiger partial charge in [0.25, 0.3) is 0 Å². The summed E-state index contributed by atoms with van der Waals surface area (Å²) in [7, 11) is 0. The molecule has 0 bridgehead atoms. The maximum atomic E-state index is 14.2. The van der Waals surface area contributed by atoms with Crippen molar-refractivity contribution in [1.29, 1.82) is 0 Å². The number of benzene rings is 2. The summed E-state index contributed by atoms with van der Waals surface area (Å²) in [5.41, 5.74) is 3.56. The Morgan fingerprint density at radius 2 is 1.94 bits per heavy atom. The van der Waals surface area contributed by atoms with Gasteiger partial charge in [0.1, 0.15) is 11.6 Å². The third-order valence-corrected chi connectivity index (χ3v) is 6.29. The summed E-state index contributed by atoms with van der Waals surface area (Å²) in [5, 5.41) is 17.3. The number of hydrazone groups is 1. The largest absolute Gasteiger partial charge is 0.506 e. The smallest absolute Gasteiger partial charge is 0.250 e. The number of hydrogen-bond acceptors (Lipinski definition) is 8. The van der Waals surface area contributed by atoms with Gasteiger partial charge in [-0.3, -0.25) is 0 Å². The summed E-state index contributed by atoms with van der Waals surface area (Å²) >= 11 is 6.69. The molecule has 0 radical (unpaired) electrons. The summed E-state index contributed by atoms with van der Waals surface area (Å²) in [4.78, 5) is 15.5. The molecule has 3 N–H and O–H groups in total. The molecular weight excluding hydrogens is 557 g/mol. The monoisotopic (exact) mass is 577 g/mol. The number of rotatable bonds is 6. The number of aromatic nitrogens is 3. The van der Waals surface area contributed by atoms with Gasteiger partial charge < -0.3 is 15.3 Å². The zero-order chi connectivity index (χ0) is 23.4. The number of phenolic OH excluding ortho intramolecular Hbond substituents is 1. The second-order valence-corrected chi connectivity index (χ2v) is 9.39. The van der Waals surface area contributed by atoms with Crippen LogP contribution >= 0.6 is 31.9 Å². The lowest BCUT2D eigenvalue weighted by Crippen LogP contribution is -2.38. The van der Waals surface area contributed by atoms with Crippen molar-refractivity contribution in [3.63, 3.8) is 0 Å². The van der Waals surface area contributed by atoms with Crippen molar-refractivity contribution in [2.75, 3.05) is 22.2 Å². The van der Waals surface area contributed by atoms with Crippen LogP contribution in [-0.4, -0.2) is 38.9 Å². The molecule has 3 aromatic rings. The molecule has 0 spiro atoms. The fraction of sp³-hybridized carbons (Fsp3) is 0.273. The average molecular weight is 579 g/mol. The molecule has 4 rings (SSSR count). The molecule has 1 aliphatic rings. The molecule has 1 aliphatic heterocycles. The van der Waals surface area contributed by atoms with Crippen molar-refractivity contribution in [2.45, 2.75) is 32.2 Å². The minimum Gasteiger partial charge on any atom is -0.506 e. The first kappa shape index (κ1) is 23.4. The molecule has 2 aromatic carbocycles. The Bertz CT molecular complexity index is 1180. The number of hydrogen-bond donors (Lipinski definition) is 3. The summed E-state index contributed by atoms with van der Waals surface area (Å²) in [5.74, 6) is 0.537. The average Bonchev–Trinajstić information content (AvgIpc) is 2.79. The lowest BCUT2D eigenvalue weighted by molar-refractivity contribution is 0.471. The topological polar surface area (TPSA) is 98.6 Å². The number of aromatic hydroxyl groups is 1. The van der Waals surface area contributed by atoms with E-state index in [2.05, 4.69) is 74.5 Å². The van der Waals surface area contributed by atoms with Gasteiger partial charge in [0.15, 0.2) is 0 Å². The molecule has 1 fully saturated rings. The van der Waals surface area contributed by atoms with Crippen LogP contribution in [0.2, 0.25) is 0 Å². The highest BCUT2D eigenvalue weighted by molar-refractivity contribution is 9.11. The van der Waals surface area contributed by atoms with E-state index in [0.717, 1.165) is 30.3 Å². The van der Waals surface area contributed by atoms with Gasteiger partial charge in [0.2, 0.25) is 17.8 Å². The van der Waals surface area contributed by atoms with E-state index in [9.17, 15) is 9.50 Å². The summed E-state index contributed by atoms with van der Waals surface area (Å²) in [6.45, 7) is 2.96. The Kier molecular flexibility index (Phi) is 7.39. The first-order valence-electron chi connectivity index (χ1n) is 10.4. The maximum Gasteiger partial charge on any atom is 0.250 e.